The predicted octanol–water partition coefficient (Wildman–Crippen LogP) is 3.69. The van der Waals surface area contributed by atoms with Crippen molar-refractivity contribution in [1.29, 1.82) is 5.26 Å². The molecule has 0 atom stereocenters. The number of benzene rings is 1. The Morgan fingerprint density at radius 3 is 2.86 bits per heavy atom. The van der Waals surface area contributed by atoms with Gasteiger partial charge in [0, 0.05) is 4.88 Å². The van der Waals surface area contributed by atoms with E-state index in [2.05, 4.69) is 5.32 Å². The van der Waals surface area contributed by atoms with Crippen LogP contribution in [0.3, 0.4) is 0 Å². The summed E-state index contributed by atoms with van der Waals surface area (Å²) in [5, 5.41) is 13.7. The van der Waals surface area contributed by atoms with Gasteiger partial charge in [-0.2, -0.15) is 5.26 Å². The SMILES string of the molecule is CCOc1ccccc1NC(=O)C(C#N)=Cc1cccs1. The van der Waals surface area contributed by atoms with E-state index in [-0.39, 0.29) is 5.57 Å². The first kappa shape index (κ1) is 14.8. The zero-order valence-corrected chi connectivity index (χ0v) is 12.3. The van der Waals surface area contributed by atoms with Crippen molar-refractivity contribution in [2.24, 2.45) is 0 Å². The maximum absolute atomic E-state index is 12.2. The highest BCUT2D eigenvalue weighted by Gasteiger charge is 2.12. The molecule has 2 rings (SSSR count). The fraction of sp³-hybridized carbons (Fsp3) is 0.125. The summed E-state index contributed by atoms with van der Waals surface area (Å²) < 4.78 is 5.44. The van der Waals surface area contributed by atoms with Gasteiger partial charge in [-0.3, -0.25) is 4.79 Å². The van der Waals surface area contributed by atoms with Gasteiger partial charge in [0.1, 0.15) is 17.4 Å². The summed E-state index contributed by atoms with van der Waals surface area (Å²) >= 11 is 1.47. The van der Waals surface area contributed by atoms with Crippen molar-refractivity contribution >= 4 is 29.0 Å². The van der Waals surface area contributed by atoms with Gasteiger partial charge in [0.05, 0.1) is 12.3 Å². The van der Waals surface area contributed by atoms with Crippen LogP contribution in [0.5, 0.6) is 5.75 Å². The molecule has 0 spiro atoms. The Bertz CT molecular complexity index is 685. The van der Waals surface area contributed by atoms with Crippen LogP contribution in [0.1, 0.15) is 11.8 Å². The second kappa shape index (κ2) is 7.27. The standard InChI is InChI=1S/C16H14N2O2S/c1-2-20-15-8-4-3-7-14(15)18-16(19)12(11-17)10-13-6-5-9-21-13/h3-10H,2H2,1H3,(H,18,19). The fourth-order valence-electron chi connectivity index (χ4n) is 1.71. The zero-order valence-electron chi connectivity index (χ0n) is 11.5. The lowest BCUT2D eigenvalue weighted by molar-refractivity contribution is -0.112. The lowest BCUT2D eigenvalue weighted by Crippen LogP contribution is -2.14. The summed E-state index contributed by atoms with van der Waals surface area (Å²) in [5.74, 6) is 0.139. The maximum atomic E-state index is 12.2. The molecule has 0 aliphatic rings. The second-order valence-corrected chi connectivity index (χ2v) is 5.05. The van der Waals surface area contributed by atoms with Crippen LogP contribution >= 0.6 is 11.3 Å². The lowest BCUT2D eigenvalue weighted by atomic mass is 10.2. The Morgan fingerprint density at radius 1 is 1.38 bits per heavy atom. The van der Waals surface area contributed by atoms with Crippen molar-refractivity contribution in [3.05, 3.63) is 52.2 Å². The normalized spacial score (nSPS) is 10.8. The third-order valence-corrected chi connectivity index (χ3v) is 3.45. The predicted molar refractivity (Wildman–Crippen MR) is 84.1 cm³/mol. The van der Waals surface area contributed by atoms with Crippen LogP contribution < -0.4 is 10.1 Å². The number of nitrogens with zero attached hydrogens (tertiary/aromatic N) is 1. The van der Waals surface area contributed by atoms with Crippen molar-refractivity contribution in [3.63, 3.8) is 0 Å². The van der Waals surface area contributed by atoms with Gasteiger partial charge in [0.15, 0.2) is 0 Å². The zero-order chi connectivity index (χ0) is 15.1. The van der Waals surface area contributed by atoms with Crippen LogP contribution in [-0.4, -0.2) is 12.5 Å². The van der Waals surface area contributed by atoms with Crippen LogP contribution in [0.2, 0.25) is 0 Å². The summed E-state index contributed by atoms with van der Waals surface area (Å²) in [6.07, 6.45) is 1.57. The van der Waals surface area contributed by atoms with Crippen LogP contribution in [0.4, 0.5) is 5.69 Å². The van der Waals surface area contributed by atoms with Gasteiger partial charge in [-0.15, -0.1) is 11.3 Å². The highest BCUT2D eigenvalue weighted by molar-refractivity contribution is 7.10. The minimum absolute atomic E-state index is 0.0590. The number of nitriles is 1. The summed E-state index contributed by atoms with van der Waals surface area (Å²) in [4.78, 5) is 13.0. The molecule has 0 fully saturated rings. The largest absolute Gasteiger partial charge is 0.492 e. The molecule has 0 saturated carbocycles. The monoisotopic (exact) mass is 298 g/mol. The first-order valence-corrected chi connectivity index (χ1v) is 7.31. The van der Waals surface area contributed by atoms with Gasteiger partial charge < -0.3 is 10.1 Å². The molecule has 4 nitrogen and oxygen atoms in total. The quantitative estimate of drug-likeness (QED) is 0.676. The van der Waals surface area contributed by atoms with Crippen LogP contribution in [0, 0.1) is 11.3 Å². The molecule has 2 aromatic rings. The van der Waals surface area contributed by atoms with Crippen molar-refractivity contribution in [2.45, 2.75) is 6.92 Å². The second-order valence-electron chi connectivity index (χ2n) is 4.07. The average molecular weight is 298 g/mol. The molecule has 1 amide bonds. The molecular weight excluding hydrogens is 284 g/mol. The number of nitrogens with one attached hydrogen (secondary N) is 1. The van der Waals surface area contributed by atoms with Crippen molar-refractivity contribution in [2.75, 3.05) is 11.9 Å². The Balaban J connectivity index is 2.19. The van der Waals surface area contributed by atoms with Gasteiger partial charge in [-0.1, -0.05) is 18.2 Å². The van der Waals surface area contributed by atoms with E-state index in [1.165, 1.54) is 11.3 Å². The van der Waals surface area contributed by atoms with Crippen LogP contribution in [0.15, 0.2) is 47.4 Å². The lowest BCUT2D eigenvalue weighted by Gasteiger charge is -2.10. The van der Waals surface area contributed by atoms with E-state index >= 15 is 0 Å². The summed E-state index contributed by atoms with van der Waals surface area (Å²) in [6.45, 7) is 2.37. The average Bonchev–Trinajstić information content (AvgIpc) is 3.00. The third-order valence-electron chi connectivity index (χ3n) is 2.63. The molecule has 1 heterocycles. The minimum atomic E-state index is -0.446. The Morgan fingerprint density at radius 2 is 2.19 bits per heavy atom. The van der Waals surface area contributed by atoms with Gasteiger partial charge >= 0.3 is 0 Å². The Hall–Kier alpha value is -2.58. The molecule has 0 unspecified atom stereocenters. The van der Waals surface area contributed by atoms with E-state index in [0.29, 0.717) is 18.0 Å². The number of hydrogen-bond donors (Lipinski definition) is 1. The third kappa shape index (κ3) is 3.94. The number of rotatable bonds is 5. The Labute approximate surface area is 127 Å². The van der Waals surface area contributed by atoms with E-state index in [4.69, 9.17) is 10.00 Å². The molecule has 0 radical (unpaired) electrons. The number of thiophene rings is 1. The number of anilines is 1. The molecule has 106 valence electrons. The van der Waals surface area contributed by atoms with Crippen molar-refractivity contribution in [3.8, 4) is 11.8 Å². The molecule has 1 aromatic heterocycles. The smallest absolute Gasteiger partial charge is 0.266 e. The Kier molecular flexibility index (Phi) is 5.13. The number of hydrogen-bond acceptors (Lipinski definition) is 4. The van der Waals surface area contributed by atoms with E-state index in [1.807, 2.05) is 36.6 Å². The summed E-state index contributed by atoms with van der Waals surface area (Å²) in [5.41, 5.74) is 0.612. The summed E-state index contributed by atoms with van der Waals surface area (Å²) in [7, 11) is 0. The first-order valence-electron chi connectivity index (χ1n) is 6.43. The number of ether oxygens (including phenoxy) is 1. The van der Waals surface area contributed by atoms with E-state index < -0.39 is 5.91 Å². The highest BCUT2D eigenvalue weighted by atomic mass is 32.1. The molecule has 0 aliphatic heterocycles. The van der Waals surface area contributed by atoms with Gasteiger partial charge in [-0.05, 0) is 36.6 Å². The van der Waals surface area contributed by atoms with Crippen molar-refractivity contribution < 1.29 is 9.53 Å². The topological polar surface area (TPSA) is 62.1 Å². The molecule has 0 aliphatic carbocycles. The molecular formula is C16H14N2O2S. The molecule has 21 heavy (non-hydrogen) atoms. The minimum Gasteiger partial charge on any atom is -0.492 e. The molecule has 0 saturated heterocycles. The number of amides is 1. The molecule has 1 N–H and O–H groups in total. The van der Waals surface area contributed by atoms with Gasteiger partial charge in [0.25, 0.3) is 5.91 Å². The van der Waals surface area contributed by atoms with E-state index in [1.54, 1.807) is 24.3 Å². The van der Waals surface area contributed by atoms with Gasteiger partial charge in [0.2, 0.25) is 0 Å². The van der Waals surface area contributed by atoms with Crippen LogP contribution in [0.25, 0.3) is 6.08 Å². The van der Waals surface area contributed by atoms with Crippen LogP contribution in [-0.2, 0) is 4.79 Å². The number of carbonyl (C=O) groups is 1. The molecule has 1 aromatic carbocycles. The first-order chi connectivity index (χ1) is 10.2. The highest BCUT2D eigenvalue weighted by Crippen LogP contribution is 2.24. The molecule has 0 bridgehead atoms. The summed E-state index contributed by atoms with van der Waals surface area (Å²) in [6, 6.07) is 12.8. The number of para-hydroxylation sites is 2. The van der Waals surface area contributed by atoms with Crippen molar-refractivity contribution in [1.82, 2.24) is 0 Å². The van der Waals surface area contributed by atoms with Gasteiger partial charge in [-0.25, -0.2) is 0 Å². The van der Waals surface area contributed by atoms with E-state index in [0.717, 1.165) is 4.88 Å². The number of carbonyl (C=O) groups excluding carboxylic acids is 1. The van der Waals surface area contributed by atoms with E-state index in [9.17, 15) is 4.79 Å². The molecule has 5 heteroatoms. The maximum Gasteiger partial charge on any atom is 0.266 e. The fourth-order valence-corrected chi connectivity index (χ4v) is 2.36.